The Balaban J connectivity index is 1.52. The third-order valence-corrected chi connectivity index (χ3v) is 6.17. The molecule has 2 saturated heterocycles. The summed E-state index contributed by atoms with van der Waals surface area (Å²) < 4.78 is 0. The van der Waals surface area contributed by atoms with E-state index in [1.54, 1.807) is 11.0 Å². The molecule has 0 bridgehead atoms. The molecule has 0 radical (unpaired) electrons. The van der Waals surface area contributed by atoms with Crippen LogP contribution in [0.15, 0.2) is 24.3 Å². The Bertz CT molecular complexity index is 778. The number of piperazine rings is 1. The van der Waals surface area contributed by atoms with E-state index in [-0.39, 0.29) is 24.4 Å². The summed E-state index contributed by atoms with van der Waals surface area (Å²) in [5.41, 5.74) is 0.0762. The number of hydrogen-bond acceptors (Lipinski definition) is 4. The zero-order chi connectivity index (χ0) is 19.0. The van der Waals surface area contributed by atoms with E-state index >= 15 is 0 Å². The average Bonchev–Trinajstić information content (AvgIpc) is 3.23. The third kappa shape index (κ3) is 3.19. The molecule has 2 heterocycles. The van der Waals surface area contributed by atoms with Gasteiger partial charge in [0, 0.05) is 24.7 Å². The molecule has 7 nitrogen and oxygen atoms in total. The summed E-state index contributed by atoms with van der Waals surface area (Å²) >= 11 is 6.33. The van der Waals surface area contributed by atoms with Crippen molar-refractivity contribution in [3.63, 3.8) is 0 Å². The van der Waals surface area contributed by atoms with Crippen molar-refractivity contribution >= 4 is 29.4 Å². The first-order chi connectivity index (χ1) is 13.0. The molecule has 1 atom stereocenters. The molecular weight excluding hydrogens is 368 g/mol. The van der Waals surface area contributed by atoms with Crippen molar-refractivity contribution in [2.75, 3.05) is 26.2 Å². The van der Waals surface area contributed by atoms with Gasteiger partial charge < -0.3 is 15.5 Å². The van der Waals surface area contributed by atoms with E-state index in [0.717, 1.165) is 23.3 Å². The number of rotatable bonds is 3. The van der Waals surface area contributed by atoms with Gasteiger partial charge in [-0.1, -0.05) is 42.6 Å². The first-order valence-corrected chi connectivity index (χ1v) is 9.78. The minimum atomic E-state index is -0.789. The van der Waals surface area contributed by atoms with Gasteiger partial charge in [-0.15, -0.1) is 0 Å². The summed E-state index contributed by atoms with van der Waals surface area (Å²) in [6, 6.07) is 6.76. The van der Waals surface area contributed by atoms with Crippen LogP contribution in [0.2, 0.25) is 5.02 Å². The van der Waals surface area contributed by atoms with Crippen LogP contribution in [0, 0.1) is 0 Å². The summed E-state index contributed by atoms with van der Waals surface area (Å²) in [6.45, 7) is 1.52. The van der Waals surface area contributed by atoms with Crippen LogP contribution >= 0.6 is 11.6 Å². The predicted molar refractivity (Wildman–Crippen MR) is 100 cm³/mol. The number of carbonyl (C=O) groups excluding carboxylic acids is 3. The number of halogens is 1. The number of hydrogen-bond donors (Lipinski definition) is 2. The van der Waals surface area contributed by atoms with E-state index in [9.17, 15) is 14.4 Å². The number of imide groups is 1. The molecule has 1 unspecified atom stereocenters. The van der Waals surface area contributed by atoms with Crippen molar-refractivity contribution < 1.29 is 14.4 Å². The zero-order valence-corrected chi connectivity index (χ0v) is 15.8. The van der Waals surface area contributed by atoms with Crippen LogP contribution in [0.25, 0.3) is 0 Å². The second-order valence-corrected chi connectivity index (χ2v) is 7.85. The molecule has 1 spiro atoms. The number of benzene rings is 1. The molecule has 1 aromatic rings. The van der Waals surface area contributed by atoms with Gasteiger partial charge in [-0.05, 0) is 24.5 Å². The quantitative estimate of drug-likeness (QED) is 0.769. The maximum Gasteiger partial charge on any atom is 0.325 e. The van der Waals surface area contributed by atoms with E-state index in [4.69, 9.17) is 11.6 Å². The van der Waals surface area contributed by atoms with Crippen molar-refractivity contribution in [3.05, 3.63) is 34.9 Å². The fraction of sp³-hybridized carbons (Fsp3) is 0.526. The minimum Gasteiger partial charge on any atom is -0.331 e. The van der Waals surface area contributed by atoms with E-state index in [0.29, 0.717) is 37.5 Å². The smallest absolute Gasteiger partial charge is 0.325 e. The molecule has 1 saturated carbocycles. The molecular formula is C19H23ClN4O3. The van der Waals surface area contributed by atoms with Gasteiger partial charge in [0.05, 0.1) is 6.04 Å². The van der Waals surface area contributed by atoms with Crippen molar-refractivity contribution in [2.45, 2.75) is 37.3 Å². The maximum absolute atomic E-state index is 13.0. The van der Waals surface area contributed by atoms with E-state index in [1.165, 1.54) is 0 Å². The Morgan fingerprint density at radius 2 is 1.96 bits per heavy atom. The topological polar surface area (TPSA) is 81.8 Å². The second kappa shape index (κ2) is 7.13. The van der Waals surface area contributed by atoms with Crippen molar-refractivity contribution in [1.82, 2.24) is 20.4 Å². The first kappa shape index (κ1) is 18.3. The van der Waals surface area contributed by atoms with Gasteiger partial charge in [0.15, 0.2) is 0 Å². The summed E-state index contributed by atoms with van der Waals surface area (Å²) in [7, 11) is 0. The van der Waals surface area contributed by atoms with E-state index < -0.39 is 11.6 Å². The zero-order valence-electron chi connectivity index (χ0n) is 15.0. The standard InChI is InChI=1S/C19H23ClN4O3/c20-14-6-2-1-5-13(14)15-11-21-9-10-23(15)16(25)12-24-17(26)19(22-18(24)27)7-3-4-8-19/h1-2,5-6,15,21H,3-4,7-12H2,(H,22,27). The lowest BCUT2D eigenvalue weighted by Crippen LogP contribution is -2.52. The fourth-order valence-electron chi connectivity index (χ4n) is 4.39. The second-order valence-electron chi connectivity index (χ2n) is 7.44. The Hall–Kier alpha value is -2.12. The summed E-state index contributed by atoms with van der Waals surface area (Å²) in [6.07, 6.45) is 3.14. The van der Waals surface area contributed by atoms with Crippen LogP contribution in [0.3, 0.4) is 0 Å². The monoisotopic (exact) mass is 390 g/mol. The molecule has 0 aromatic heterocycles. The number of urea groups is 1. The van der Waals surface area contributed by atoms with Crippen LogP contribution in [0.5, 0.6) is 0 Å². The van der Waals surface area contributed by atoms with Crippen LogP contribution in [-0.2, 0) is 9.59 Å². The average molecular weight is 391 g/mol. The number of amides is 4. The molecule has 3 fully saturated rings. The number of nitrogens with zero attached hydrogens (tertiary/aromatic N) is 2. The Morgan fingerprint density at radius 3 is 2.70 bits per heavy atom. The number of carbonyl (C=O) groups is 3. The third-order valence-electron chi connectivity index (χ3n) is 5.82. The Morgan fingerprint density at radius 1 is 1.22 bits per heavy atom. The first-order valence-electron chi connectivity index (χ1n) is 9.40. The molecule has 3 aliphatic rings. The number of nitrogens with one attached hydrogen (secondary N) is 2. The molecule has 144 valence electrons. The summed E-state index contributed by atoms with van der Waals surface area (Å²) in [4.78, 5) is 41.0. The highest BCUT2D eigenvalue weighted by atomic mass is 35.5. The highest BCUT2D eigenvalue weighted by Crippen LogP contribution is 2.35. The summed E-state index contributed by atoms with van der Waals surface area (Å²) in [5, 5.41) is 6.71. The van der Waals surface area contributed by atoms with Crippen molar-refractivity contribution in [3.8, 4) is 0 Å². The van der Waals surface area contributed by atoms with Gasteiger partial charge in [-0.3, -0.25) is 14.5 Å². The molecule has 1 aliphatic carbocycles. The maximum atomic E-state index is 13.0. The minimum absolute atomic E-state index is 0.221. The Labute approximate surface area is 163 Å². The van der Waals surface area contributed by atoms with Crippen LogP contribution in [0.4, 0.5) is 4.79 Å². The predicted octanol–water partition coefficient (Wildman–Crippen LogP) is 1.68. The molecule has 2 aliphatic heterocycles. The molecule has 4 rings (SSSR count). The lowest BCUT2D eigenvalue weighted by molar-refractivity contribution is -0.140. The molecule has 1 aromatic carbocycles. The van der Waals surface area contributed by atoms with E-state index in [2.05, 4.69) is 10.6 Å². The largest absolute Gasteiger partial charge is 0.331 e. The van der Waals surface area contributed by atoms with E-state index in [1.807, 2.05) is 18.2 Å². The molecule has 27 heavy (non-hydrogen) atoms. The Kier molecular flexibility index (Phi) is 4.82. The van der Waals surface area contributed by atoms with Crippen LogP contribution < -0.4 is 10.6 Å². The SMILES string of the molecule is O=C1NC2(CCCC2)C(=O)N1CC(=O)N1CCNCC1c1ccccc1Cl. The molecule has 8 heteroatoms. The molecule has 4 amide bonds. The van der Waals surface area contributed by atoms with Gasteiger partial charge in [0.1, 0.15) is 12.1 Å². The van der Waals surface area contributed by atoms with Gasteiger partial charge in [0.2, 0.25) is 5.91 Å². The fourth-order valence-corrected chi connectivity index (χ4v) is 4.65. The van der Waals surface area contributed by atoms with Crippen LogP contribution in [0.1, 0.15) is 37.3 Å². The van der Waals surface area contributed by atoms with Crippen molar-refractivity contribution in [1.29, 1.82) is 0 Å². The highest BCUT2D eigenvalue weighted by molar-refractivity contribution is 6.31. The van der Waals surface area contributed by atoms with Gasteiger partial charge >= 0.3 is 6.03 Å². The van der Waals surface area contributed by atoms with Gasteiger partial charge in [-0.25, -0.2) is 4.79 Å². The highest BCUT2D eigenvalue weighted by Gasteiger charge is 2.53. The lowest BCUT2D eigenvalue weighted by Gasteiger charge is -2.37. The lowest BCUT2D eigenvalue weighted by atomic mass is 9.98. The van der Waals surface area contributed by atoms with Crippen LogP contribution in [-0.4, -0.2) is 59.4 Å². The normalized spacial score (nSPS) is 24.6. The van der Waals surface area contributed by atoms with Gasteiger partial charge in [-0.2, -0.15) is 0 Å². The van der Waals surface area contributed by atoms with Gasteiger partial charge in [0.25, 0.3) is 5.91 Å². The summed E-state index contributed by atoms with van der Waals surface area (Å²) in [5.74, 6) is -0.497. The molecule has 2 N–H and O–H groups in total. The van der Waals surface area contributed by atoms with Crippen molar-refractivity contribution in [2.24, 2.45) is 0 Å².